The monoisotopic (exact) mass is 296 g/mol. The first-order valence-electron chi connectivity index (χ1n) is 6.00. The van der Waals surface area contributed by atoms with E-state index < -0.39 is 10.0 Å². The van der Waals surface area contributed by atoms with Gasteiger partial charge in [-0.25, -0.2) is 23.1 Å². The van der Waals surface area contributed by atoms with E-state index in [1.165, 1.54) is 12.3 Å². The van der Waals surface area contributed by atoms with Crippen molar-refractivity contribution in [3.8, 4) is 0 Å². The van der Waals surface area contributed by atoms with Crippen molar-refractivity contribution in [2.45, 2.75) is 32.0 Å². The molecule has 2 rings (SSSR count). The van der Waals surface area contributed by atoms with Crippen LogP contribution in [0.25, 0.3) is 0 Å². The van der Waals surface area contributed by atoms with Crippen molar-refractivity contribution in [1.82, 2.24) is 14.7 Å². The van der Waals surface area contributed by atoms with Crippen LogP contribution in [0, 0.1) is 13.8 Å². The van der Waals surface area contributed by atoms with Gasteiger partial charge in [0, 0.05) is 12.7 Å². The number of aryl methyl sites for hydroxylation is 2. The van der Waals surface area contributed by atoms with Gasteiger partial charge in [-0.3, -0.25) is 0 Å². The molecular weight excluding hydrogens is 280 g/mol. The zero-order valence-electron chi connectivity index (χ0n) is 11.3. The van der Waals surface area contributed by atoms with Crippen LogP contribution in [0.15, 0.2) is 27.8 Å². The van der Waals surface area contributed by atoms with Gasteiger partial charge in [-0.15, -0.1) is 0 Å². The number of oxazole rings is 1. The molecule has 2 aromatic heterocycles. The molecule has 2 heterocycles. The molecule has 0 aromatic carbocycles. The van der Waals surface area contributed by atoms with Gasteiger partial charge >= 0.3 is 0 Å². The molecule has 0 aliphatic heterocycles. The lowest BCUT2D eigenvalue weighted by molar-refractivity contribution is 0.462. The number of aromatic nitrogens is 2. The molecule has 0 fully saturated rings. The van der Waals surface area contributed by atoms with Gasteiger partial charge in [-0.2, -0.15) is 0 Å². The summed E-state index contributed by atoms with van der Waals surface area (Å²) in [7, 11) is -3.69. The van der Waals surface area contributed by atoms with Crippen molar-refractivity contribution in [1.29, 1.82) is 0 Å². The lowest BCUT2D eigenvalue weighted by Crippen LogP contribution is -2.24. The van der Waals surface area contributed by atoms with E-state index in [0.717, 1.165) is 11.3 Å². The summed E-state index contributed by atoms with van der Waals surface area (Å²) in [6, 6.07) is 3.04. The van der Waals surface area contributed by atoms with Gasteiger partial charge in [-0.1, -0.05) is 6.07 Å². The molecule has 0 aliphatic rings. The quantitative estimate of drug-likeness (QED) is 0.837. The number of sulfonamides is 1. The Bertz CT molecular complexity index is 672. The fourth-order valence-corrected chi connectivity index (χ4v) is 2.44. The second-order valence-corrected chi connectivity index (χ2v) is 6.00. The second-order valence-electron chi connectivity index (χ2n) is 4.28. The third kappa shape index (κ3) is 3.21. The topological polar surface area (TPSA) is 111 Å². The highest BCUT2D eigenvalue weighted by Gasteiger charge is 2.17. The van der Waals surface area contributed by atoms with Crippen LogP contribution in [-0.4, -0.2) is 18.4 Å². The average molecular weight is 296 g/mol. The molecule has 7 nitrogen and oxygen atoms in total. The van der Waals surface area contributed by atoms with Gasteiger partial charge in [0.25, 0.3) is 10.0 Å². The van der Waals surface area contributed by atoms with E-state index in [9.17, 15) is 8.42 Å². The molecule has 3 N–H and O–H groups in total. The molecule has 0 saturated carbocycles. The fourth-order valence-electron chi connectivity index (χ4n) is 1.54. The summed E-state index contributed by atoms with van der Waals surface area (Å²) in [4.78, 5) is 7.98. The van der Waals surface area contributed by atoms with E-state index in [2.05, 4.69) is 14.7 Å². The number of hydrogen-bond donors (Lipinski definition) is 2. The van der Waals surface area contributed by atoms with E-state index in [4.69, 9.17) is 10.2 Å². The van der Waals surface area contributed by atoms with Crippen molar-refractivity contribution in [2.75, 3.05) is 0 Å². The Morgan fingerprint density at radius 2 is 2.10 bits per heavy atom. The summed E-state index contributed by atoms with van der Waals surface area (Å²) >= 11 is 0. The largest absolute Gasteiger partial charge is 0.444 e. The number of hydrogen-bond acceptors (Lipinski definition) is 6. The highest BCUT2D eigenvalue weighted by Crippen LogP contribution is 2.10. The molecule has 0 unspecified atom stereocenters. The van der Waals surface area contributed by atoms with Gasteiger partial charge in [0.15, 0.2) is 5.03 Å². The number of pyridine rings is 1. The molecular formula is C12H16N4O3S. The van der Waals surface area contributed by atoms with Crippen molar-refractivity contribution in [2.24, 2.45) is 5.73 Å². The van der Waals surface area contributed by atoms with Gasteiger partial charge in [0.2, 0.25) is 5.89 Å². The standard InChI is InChI=1S/C12H16N4O3S/c1-8-9(2)19-11(16-8)7-15-20(17,18)12-4-3-10(5-13)6-14-12/h3-4,6,15H,5,7,13H2,1-2H3. The van der Waals surface area contributed by atoms with Gasteiger partial charge < -0.3 is 10.2 Å². The summed E-state index contributed by atoms with van der Waals surface area (Å²) in [5.74, 6) is 0.992. The lowest BCUT2D eigenvalue weighted by atomic mass is 10.3. The Morgan fingerprint density at radius 1 is 1.35 bits per heavy atom. The summed E-state index contributed by atoms with van der Waals surface area (Å²) in [6.07, 6.45) is 1.44. The minimum atomic E-state index is -3.69. The molecule has 0 amide bonds. The summed E-state index contributed by atoms with van der Waals surface area (Å²) in [6.45, 7) is 3.87. The van der Waals surface area contributed by atoms with Crippen molar-refractivity contribution < 1.29 is 12.8 Å². The molecule has 20 heavy (non-hydrogen) atoms. The molecule has 2 aromatic rings. The Kier molecular flexibility index (Phi) is 4.17. The Labute approximate surface area is 117 Å². The predicted molar refractivity (Wildman–Crippen MR) is 72.1 cm³/mol. The molecule has 108 valence electrons. The summed E-state index contributed by atoms with van der Waals surface area (Å²) in [5.41, 5.74) is 6.94. The number of nitrogens with one attached hydrogen (secondary N) is 1. The van der Waals surface area contributed by atoms with E-state index >= 15 is 0 Å². The first kappa shape index (κ1) is 14.6. The molecule has 0 spiro atoms. The van der Waals surface area contributed by atoms with Crippen LogP contribution in [0.2, 0.25) is 0 Å². The molecule has 0 bridgehead atoms. The minimum absolute atomic E-state index is 0.0165. The molecule has 0 aliphatic carbocycles. The van der Waals surface area contributed by atoms with E-state index in [0.29, 0.717) is 18.2 Å². The molecule has 0 saturated heterocycles. The van der Waals surface area contributed by atoms with Crippen LogP contribution >= 0.6 is 0 Å². The van der Waals surface area contributed by atoms with Gasteiger partial charge in [0.05, 0.1) is 12.2 Å². The zero-order valence-corrected chi connectivity index (χ0v) is 12.1. The van der Waals surface area contributed by atoms with Crippen molar-refractivity contribution in [3.63, 3.8) is 0 Å². The zero-order chi connectivity index (χ0) is 14.8. The normalized spacial score (nSPS) is 11.8. The highest BCUT2D eigenvalue weighted by atomic mass is 32.2. The average Bonchev–Trinajstić information content (AvgIpc) is 2.76. The third-order valence-electron chi connectivity index (χ3n) is 2.79. The van der Waals surface area contributed by atoms with Crippen LogP contribution in [0.3, 0.4) is 0 Å². The Balaban J connectivity index is 2.10. The number of rotatable bonds is 5. The van der Waals surface area contributed by atoms with Crippen LogP contribution < -0.4 is 10.5 Å². The third-order valence-corrected chi connectivity index (χ3v) is 4.11. The smallest absolute Gasteiger partial charge is 0.258 e. The lowest BCUT2D eigenvalue weighted by Gasteiger charge is -2.04. The number of nitrogens with two attached hydrogens (primary N) is 1. The van der Waals surface area contributed by atoms with Crippen molar-refractivity contribution >= 4 is 10.0 Å². The van der Waals surface area contributed by atoms with Gasteiger partial charge in [-0.05, 0) is 25.5 Å². The molecule has 8 heteroatoms. The molecule has 0 radical (unpaired) electrons. The summed E-state index contributed by atoms with van der Waals surface area (Å²) in [5, 5.41) is -0.0605. The maximum absolute atomic E-state index is 12.0. The highest BCUT2D eigenvalue weighted by molar-refractivity contribution is 7.89. The first-order chi connectivity index (χ1) is 9.42. The summed E-state index contributed by atoms with van der Waals surface area (Å²) < 4.78 is 31.7. The Morgan fingerprint density at radius 3 is 2.60 bits per heavy atom. The fraction of sp³-hybridized carbons (Fsp3) is 0.333. The van der Waals surface area contributed by atoms with E-state index in [1.807, 2.05) is 0 Å². The number of nitrogens with zero attached hydrogens (tertiary/aromatic N) is 2. The van der Waals surface area contributed by atoms with Crippen molar-refractivity contribution in [3.05, 3.63) is 41.2 Å². The van der Waals surface area contributed by atoms with E-state index in [1.54, 1.807) is 19.9 Å². The van der Waals surface area contributed by atoms with Crippen LogP contribution in [0.5, 0.6) is 0 Å². The SMILES string of the molecule is Cc1nc(CNS(=O)(=O)c2ccc(CN)cn2)oc1C. The predicted octanol–water partition coefficient (Wildman–Crippen LogP) is 0.624. The second kappa shape index (κ2) is 5.70. The van der Waals surface area contributed by atoms with E-state index in [-0.39, 0.29) is 11.6 Å². The van der Waals surface area contributed by atoms with Crippen LogP contribution in [0.1, 0.15) is 22.9 Å². The minimum Gasteiger partial charge on any atom is -0.444 e. The first-order valence-corrected chi connectivity index (χ1v) is 7.48. The maximum Gasteiger partial charge on any atom is 0.258 e. The van der Waals surface area contributed by atoms with Crippen LogP contribution in [0.4, 0.5) is 0 Å². The molecule has 0 atom stereocenters. The van der Waals surface area contributed by atoms with Crippen LogP contribution in [-0.2, 0) is 23.1 Å². The Hall–Kier alpha value is -1.77. The maximum atomic E-state index is 12.0. The van der Waals surface area contributed by atoms with Gasteiger partial charge in [0.1, 0.15) is 5.76 Å².